The van der Waals surface area contributed by atoms with Gasteiger partial charge in [0.1, 0.15) is 5.82 Å². The van der Waals surface area contributed by atoms with E-state index in [2.05, 4.69) is 31.1 Å². The van der Waals surface area contributed by atoms with Crippen molar-refractivity contribution in [3.63, 3.8) is 0 Å². The number of hydrogen-bond acceptors (Lipinski definition) is 3. The molecule has 0 bridgehead atoms. The first kappa shape index (κ1) is 14.5. The molecule has 2 aromatic carbocycles. The average Bonchev–Trinajstić information content (AvgIpc) is 2.94. The summed E-state index contributed by atoms with van der Waals surface area (Å²) in [5.41, 5.74) is 3.07. The summed E-state index contributed by atoms with van der Waals surface area (Å²) in [6.45, 7) is 1.85. The van der Waals surface area contributed by atoms with E-state index in [0.29, 0.717) is 17.2 Å². The third-order valence-corrected chi connectivity index (χ3v) is 4.45. The first-order chi connectivity index (χ1) is 11.1. The number of rotatable bonds is 1. The van der Waals surface area contributed by atoms with Crippen LogP contribution in [0.5, 0.6) is 0 Å². The summed E-state index contributed by atoms with van der Waals surface area (Å²) >= 11 is 9.65. The lowest BCUT2D eigenvalue weighted by molar-refractivity contribution is 0.630. The van der Waals surface area contributed by atoms with Gasteiger partial charge in [-0.1, -0.05) is 33.6 Å². The van der Waals surface area contributed by atoms with Gasteiger partial charge in [0.05, 0.1) is 27.3 Å². The molecule has 114 valence electrons. The quantitative estimate of drug-likeness (QED) is 0.468. The highest BCUT2D eigenvalue weighted by molar-refractivity contribution is 9.10. The van der Waals surface area contributed by atoms with Gasteiger partial charge >= 0.3 is 0 Å². The molecule has 4 nitrogen and oxygen atoms in total. The van der Waals surface area contributed by atoms with E-state index in [-0.39, 0.29) is 10.6 Å². The summed E-state index contributed by atoms with van der Waals surface area (Å²) in [5, 5.41) is 8.62. The van der Waals surface area contributed by atoms with Gasteiger partial charge in [-0.25, -0.2) is 9.37 Å². The van der Waals surface area contributed by atoms with Crippen LogP contribution in [0.1, 0.15) is 5.69 Å². The molecule has 4 aromatic rings. The van der Waals surface area contributed by atoms with Crippen molar-refractivity contribution in [2.45, 2.75) is 6.92 Å². The number of aryl methyl sites for hydroxylation is 1. The summed E-state index contributed by atoms with van der Waals surface area (Å²) in [5.74, 6) is -0.0823. The zero-order chi connectivity index (χ0) is 16.1. The van der Waals surface area contributed by atoms with E-state index in [1.807, 2.05) is 25.1 Å². The second-order valence-corrected chi connectivity index (χ2v) is 6.43. The highest BCUT2D eigenvalue weighted by Crippen LogP contribution is 2.32. The molecule has 0 amide bonds. The predicted molar refractivity (Wildman–Crippen MR) is 91.1 cm³/mol. The van der Waals surface area contributed by atoms with Crippen LogP contribution in [0.3, 0.4) is 0 Å². The molecule has 0 spiro atoms. The van der Waals surface area contributed by atoms with Crippen molar-refractivity contribution in [2.24, 2.45) is 0 Å². The van der Waals surface area contributed by atoms with Crippen molar-refractivity contribution in [1.82, 2.24) is 19.6 Å². The number of halogens is 3. The van der Waals surface area contributed by atoms with Crippen LogP contribution in [0.25, 0.3) is 28.1 Å². The fourth-order valence-corrected chi connectivity index (χ4v) is 3.22. The fraction of sp³-hybridized carbons (Fsp3) is 0.0625. The Hall–Kier alpha value is -2.05. The maximum absolute atomic E-state index is 14.3. The first-order valence-corrected chi connectivity index (χ1v) is 7.99. The normalized spacial score (nSPS) is 11.5. The van der Waals surface area contributed by atoms with Gasteiger partial charge in [-0.05, 0) is 37.3 Å². The van der Waals surface area contributed by atoms with E-state index in [1.165, 1.54) is 6.07 Å². The Kier molecular flexibility index (Phi) is 3.32. The van der Waals surface area contributed by atoms with Crippen molar-refractivity contribution in [1.29, 1.82) is 0 Å². The molecule has 0 saturated heterocycles. The Bertz CT molecular complexity index is 1060. The first-order valence-electron chi connectivity index (χ1n) is 6.81. The van der Waals surface area contributed by atoms with Crippen LogP contribution in [0, 0.1) is 12.7 Å². The largest absolute Gasteiger partial charge is 0.272 e. The van der Waals surface area contributed by atoms with Gasteiger partial charge in [-0.15, -0.1) is 10.2 Å². The molecule has 4 rings (SSSR count). The number of hydrogen-bond donors (Lipinski definition) is 0. The monoisotopic (exact) mass is 390 g/mol. The summed E-state index contributed by atoms with van der Waals surface area (Å²) in [6.07, 6.45) is 0. The number of fused-ring (bicyclic) bond motifs is 3. The van der Waals surface area contributed by atoms with E-state index >= 15 is 0 Å². The third kappa shape index (κ3) is 2.21. The van der Waals surface area contributed by atoms with Crippen LogP contribution >= 0.6 is 27.5 Å². The summed E-state index contributed by atoms with van der Waals surface area (Å²) < 4.78 is 17.0. The van der Waals surface area contributed by atoms with Crippen LogP contribution in [-0.2, 0) is 0 Å². The van der Waals surface area contributed by atoms with Crippen LogP contribution in [0.2, 0.25) is 5.02 Å². The summed E-state index contributed by atoms with van der Waals surface area (Å²) in [6, 6.07) is 10.2. The number of benzene rings is 2. The van der Waals surface area contributed by atoms with Crippen molar-refractivity contribution in [3.8, 4) is 11.4 Å². The van der Waals surface area contributed by atoms with E-state index in [0.717, 1.165) is 15.5 Å². The van der Waals surface area contributed by atoms with Gasteiger partial charge in [0.2, 0.25) is 0 Å². The van der Waals surface area contributed by atoms with Gasteiger partial charge < -0.3 is 0 Å². The Morgan fingerprint density at radius 3 is 2.78 bits per heavy atom. The van der Waals surface area contributed by atoms with E-state index in [9.17, 15) is 4.39 Å². The molecule has 0 atom stereocenters. The maximum atomic E-state index is 14.3. The molecular weight excluding hydrogens is 383 g/mol. The molecule has 2 aromatic heterocycles. The predicted octanol–water partition coefficient (Wildman–Crippen LogP) is 4.81. The minimum atomic E-state index is -0.440. The minimum absolute atomic E-state index is 0.230. The minimum Gasteiger partial charge on any atom is -0.272 e. The molecular formula is C16H9BrClFN4. The van der Waals surface area contributed by atoms with Crippen molar-refractivity contribution in [3.05, 3.63) is 57.4 Å². The topological polar surface area (TPSA) is 43.1 Å². The zero-order valence-corrected chi connectivity index (χ0v) is 14.2. The molecule has 0 radical (unpaired) electrons. The second-order valence-electron chi connectivity index (χ2n) is 5.11. The molecule has 0 aliphatic heterocycles. The van der Waals surface area contributed by atoms with E-state index in [4.69, 9.17) is 11.6 Å². The van der Waals surface area contributed by atoms with Crippen molar-refractivity contribution < 1.29 is 4.39 Å². The van der Waals surface area contributed by atoms with Crippen LogP contribution < -0.4 is 0 Å². The fourth-order valence-electron chi connectivity index (χ4n) is 2.62. The maximum Gasteiger partial charge on any atom is 0.183 e. The lowest BCUT2D eigenvalue weighted by Crippen LogP contribution is -1.99. The van der Waals surface area contributed by atoms with Crippen LogP contribution in [0.4, 0.5) is 4.39 Å². The molecule has 7 heteroatoms. The molecule has 0 N–H and O–H groups in total. The highest BCUT2D eigenvalue weighted by atomic mass is 79.9. The Morgan fingerprint density at radius 2 is 2.00 bits per heavy atom. The lowest BCUT2D eigenvalue weighted by atomic mass is 10.2. The average molecular weight is 392 g/mol. The van der Waals surface area contributed by atoms with Gasteiger partial charge in [0, 0.05) is 4.47 Å². The lowest BCUT2D eigenvalue weighted by Gasteiger charge is -2.08. The van der Waals surface area contributed by atoms with E-state index < -0.39 is 5.82 Å². The molecule has 0 aliphatic carbocycles. The molecule has 0 unspecified atom stereocenters. The van der Waals surface area contributed by atoms with Crippen LogP contribution in [-0.4, -0.2) is 19.6 Å². The Balaban J connectivity index is 2.21. The smallest absolute Gasteiger partial charge is 0.183 e. The standard InChI is InChI=1S/C16H9BrClFN4/c1-8-15-21-22-16(14-10(18)3-2-4-11(14)19)23(15)13-7-9(17)5-6-12(13)20-8/h2-7H,1H3. The second kappa shape index (κ2) is 5.25. The van der Waals surface area contributed by atoms with E-state index in [1.54, 1.807) is 16.5 Å². The number of aromatic nitrogens is 4. The van der Waals surface area contributed by atoms with Gasteiger partial charge in [0.25, 0.3) is 0 Å². The number of nitrogens with zero attached hydrogens (tertiary/aromatic N) is 4. The molecule has 0 aliphatic rings. The molecule has 23 heavy (non-hydrogen) atoms. The Labute approximate surface area is 144 Å². The summed E-state index contributed by atoms with van der Waals surface area (Å²) in [7, 11) is 0. The highest BCUT2D eigenvalue weighted by Gasteiger charge is 2.19. The van der Waals surface area contributed by atoms with Gasteiger partial charge in [-0.2, -0.15) is 0 Å². The third-order valence-electron chi connectivity index (χ3n) is 3.64. The molecule has 0 saturated carbocycles. The van der Waals surface area contributed by atoms with Crippen molar-refractivity contribution in [2.75, 3.05) is 0 Å². The SMILES string of the molecule is Cc1nc2ccc(Br)cc2n2c(-c3c(F)cccc3Cl)nnc12. The van der Waals surface area contributed by atoms with Gasteiger partial charge in [0.15, 0.2) is 11.5 Å². The Morgan fingerprint density at radius 1 is 1.17 bits per heavy atom. The van der Waals surface area contributed by atoms with Crippen molar-refractivity contribution >= 4 is 44.2 Å². The van der Waals surface area contributed by atoms with Gasteiger partial charge in [-0.3, -0.25) is 4.40 Å². The zero-order valence-electron chi connectivity index (χ0n) is 11.9. The molecule has 0 fully saturated rings. The molecule has 2 heterocycles. The van der Waals surface area contributed by atoms with Crippen LogP contribution in [0.15, 0.2) is 40.9 Å². The summed E-state index contributed by atoms with van der Waals surface area (Å²) in [4.78, 5) is 4.53.